The third kappa shape index (κ3) is 3.24. The van der Waals surface area contributed by atoms with Crippen LogP contribution in [0.2, 0.25) is 0 Å². The number of aliphatic hydroxyl groups excluding tert-OH is 2. The van der Waals surface area contributed by atoms with E-state index in [1.807, 2.05) is 0 Å². The number of aliphatic hydroxyl groups is 2. The van der Waals surface area contributed by atoms with Crippen molar-refractivity contribution in [3.05, 3.63) is 42.2 Å². The highest BCUT2D eigenvalue weighted by molar-refractivity contribution is 5.94. The van der Waals surface area contributed by atoms with E-state index < -0.39 is 37.0 Å². The van der Waals surface area contributed by atoms with Gasteiger partial charge in [0, 0.05) is 5.56 Å². The van der Waals surface area contributed by atoms with E-state index in [0.717, 1.165) is 0 Å². The lowest BCUT2D eigenvalue weighted by Crippen LogP contribution is -2.46. The van der Waals surface area contributed by atoms with Gasteiger partial charge < -0.3 is 30.7 Å². The van der Waals surface area contributed by atoms with Gasteiger partial charge in [-0.15, -0.1) is 0 Å². The number of nitrogens with one attached hydrogen (secondary N) is 1. The van der Waals surface area contributed by atoms with Gasteiger partial charge in [-0.25, -0.2) is 14.5 Å². The van der Waals surface area contributed by atoms with Crippen molar-refractivity contribution in [1.29, 1.82) is 0 Å². The second-order valence-corrected chi connectivity index (χ2v) is 6.50. The molecule has 1 aliphatic heterocycles. The average Bonchev–Trinajstić information content (AvgIpc) is 3.27. The molecule has 5 N–H and O–H groups in total. The number of imidazole rings is 1. The van der Waals surface area contributed by atoms with Gasteiger partial charge in [0.1, 0.15) is 24.6 Å². The Balaban J connectivity index is 1.76. The molecular weight excluding hydrogens is 380 g/mol. The fourth-order valence-electron chi connectivity index (χ4n) is 3.38. The van der Waals surface area contributed by atoms with Crippen LogP contribution >= 0.6 is 0 Å². The van der Waals surface area contributed by atoms with E-state index in [1.165, 1.54) is 18.0 Å². The average molecular weight is 400 g/mol. The monoisotopic (exact) mass is 400 g/mol. The van der Waals surface area contributed by atoms with E-state index in [2.05, 4.69) is 20.3 Å². The third-order valence-corrected chi connectivity index (χ3v) is 4.79. The van der Waals surface area contributed by atoms with Crippen molar-refractivity contribution in [3.63, 3.8) is 0 Å². The van der Waals surface area contributed by atoms with E-state index in [4.69, 9.17) is 15.2 Å². The van der Waals surface area contributed by atoms with Crippen molar-refractivity contribution in [1.82, 2.24) is 24.8 Å². The number of ether oxygens (including phenoxy) is 2. The van der Waals surface area contributed by atoms with Crippen molar-refractivity contribution >= 4 is 22.9 Å². The molecule has 1 fully saturated rings. The van der Waals surface area contributed by atoms with Crippen LogP contribution < -0.4 is 15.8 Å². The van der Waals surface area contributed by atoms with Gasteiger partial charge in [0.25, 0.3) is 5.91 Å². The molecule has 29 heavy (non-hydrogen) atoms. The van der Waals surface area contributed by atoms with Crippen molar-refractivity contribution in [2.75, 3.05) is 19.5 Å². The van der Waals surface area contributed by atoms with E-state index in [9.17, 15) is 15.0 Å². The fourth-order valence-corrected chi connectivity index (χ4v) is 3.38. The summed E-state index contributed by atoms with van der Waals surface area (Å²) < 4.78 is 12.6. The Morgan fingerprint density at radius 2 is 2.10 bits per heavy atom. The van der Waals surface area contributed by atoms with Crippen molar-refractivity contribution < 1.29 is 24.5 Å². The van der Waals surface area contributed by atoms with Gasteiger partial charge in [-0.3, -0.25) is 4.79 Å². The fraction of sp³-hybridized carbons (Fsp3) is 0.333. The van der Waals surface area contributed by atoms with Gasteiger partial charge >= 0.3 is 6.01 Å². The van der Waals surface area contributed by atoms with Crippen molar-refractivity contribution in [2.24, 2.45) is 0 Å². The molecule has 1 saturated heterocycles. The van der Waals surface area contributed by atoms with E-state index in [-0.39, 0.29) is 11.8 Å². The number of nitrogens with two attached hydrogens (primary N) is 1. The Kier molecular flexibility index (Phi) is 5.01. The third-order valence-electron chi connectivity index (χ3n) is 4.79. The number of hydrogen-bond acceptors (Lipinski definition) is 9. The first-order valence-corrected chi connectivity index (χ1v) is 8.87. The van der Waals surface area contributed by atoms with Crippen LogP contribution in [0.4, 0.5) is 5.82 Å². The predicted molar refractivity (Wildman–Crippen MR) is 101 cm³/mol. The first-order valence-electron chi connectivity index (χ1n) is 8.87. The molecule has 0 spiro atoms. The normalized spacial score (nSPS) is 24.0. The summed E-state index contributed by atoms with van der Waals surface area (Å²) in [6.45, 7) is -0.443. The molecule has 0 saturated carbocycles. The second-order valence-electron chi connectivity index (χ2n) is 6.50. The molecule has 11 heteroatoms. The maximum absolute atomic E-state index is 12.7. The Bertz CT molecular complexity index is 1030. The van der Waals surface area contributed by atoms with Gasteiger partial charge in [0.05, 0.1) is 13.7 Å². The van der Waals surface area contributed by atoms with Gasteiger partial charge in [-0.1, -0.05) is 18.2 Å². The van der Waals surface area contributed by atoms with Crippen LogP contribution in [-0.2, 0) is 4.74 Å². The number of carbonyl (C=O) groups is 1. The topological polar surface area (TPSA) is 158 Å². The summed E-state index contributed by atoms with van der Waals surface area (Å²) in [6, 6.07) is 7.76. The Labute approximate surface area is 165 Å². The van der Waals surface area contributed by atoms with Crippen LogP contribution in [0, 0.1) is 0 Å². The summed E-state index contributed by atoms with van der Waals surface area (Å²) in [6.07, 6.45) is -1.80. The summed E-state index contributed by atoms with van der Waals surface area (Å²) in [5.41, 5.74) is 6.90. The molecule has 0 unspecified atom stereocenters. The minimum Gasteiger partial charge on any atom is -0.468 e. The lowest BCUT2D eigenvalue weighted by Gasteiger charge is -2.23. The Morgan fingerprint density at radius 3 is 2.79 bits per heavy atom. The van der Waals surface area contributed by atoms with E-state index >= 15 is 0 Å². The summed E-state index contributed by atoms with van der Waals surface area (Å²) in [5, 5.41) is 23.1. The summed E-state index contributed by atoms with van der Waals surface area (Å²) >= 11 is 0. The zero-order chi connectivity index (χ0) is 20.5. The number of rotatable bonds is 5. The minimum absolute atomic E-state index is 0.113. The smallest absolute Gasteiger partial charge is 0.300 e. The molecule has 0 radical (unpaired) electrons. The zero-order valence-electron chi connectivity index (χ0n) is 15.5. The molecule has 0 bridgehead atoms. The summed E-state index contributed by atoms with van der Waals surface area (Å²) in [5.74, 6) is -0.256. The Morgan fingerprint density at radius 1 is 1.34 bits per heavy atom. The maximum atomic E-state index is 12.7. The standard InChI is InChI=1S/C18H20N6O5/c1-28-18-23-12-14(19)20-8-21-15(12)24(18)17-11(13(26)10(7-25)29-17)22-16(27)9-5-3-2-4-6-9/h2-6,8,10-11,13,17,25-26H,7H2,1H3,(H,22,27)(H2,19,20,21)/t10-,11-,13-,17-/m1/s1. The molecule has 4 atom stereocenters. The zero-order valence-corrected chi connectivity index (χ0v) is 15.5. The summed E-state index contributed by atoms with van der Waals surface area (Å²) in [4.78, 5) is 25.1. The van der Waals surface area contributed by atoms with E-state index in [0.29, 0.717) is 16.7 Å². The molecule has 3 aromatic rings. The molecule has 1 aromatic carbocycles. The molecule has 11 nitrogen and oxygen atoms in total. The van der Waals surface area contributed by atoms with Crippen LogP contribution in [0.1, 0.15) is 16.6 Å². The second kappa shape index (κ2) is 7.62. The highest BCUT2D eigenvalue weighted by Crippen LogP contribution is 2.36. The molecule has 1 amide bonds. The highest BCUT2D eigenvalue weighted by atomic mass is 16.6. The van der Waals surface area contributed by atoms with Crippen LogP contribution in [0.25, 0.3) is 11.2 Å². The molecule has 0 aliphatic carbocycles. The first kappa shape index (κ1) is 19.1. The van der Waals surface area contributed by atoms with Crippen LogP contribution in [0.3, 0.4) is 0 Å². The van der Waals surface area contributed by atoms with Gasteiger partial charge in [0.2, 0.25) is 0 Å². The number of anilines is 1. The number of hydrogen-bond donors (Lipinski definition) is 4. The number of nitrogen functional groups attached to an aromatic ring is 1. The van der Waals surface area contributed by atoms with Crippen LogP contribution in [-0.4, -0.2) is 67.6 Å². The van der Waals surface area contributed by atoms with E-state index in [1.54, 1.807) is 30.3 Å². The molecule has 4 rings (SSSR count). The number of carbonyl (C=O) groups excluding carboxylic acids is 1. The molecule has 2 aromatic heterocycles. The number of fused-ring (bicyclic) bond motifs is 1. The van der Waals surface area contributed by atoms with Crippen LogP contribution in [0.5, 0.6) is 6.01 Å². The van der Waals surface area contributed by atoms with Gasteiger partial charge in [0.15, 0.2) is 23.2 Å². The van der Waals surface area contributed by atoms with Gasteiger partial charge in [-0.2, -0.15) is 4.98 Å². The van der Waals surface area contributed by atoms with Crippen LogP contribution in [0.15, 0.2) is 36.7 Å². The number of amides is 1. The number of nitrogens with zero attached hydrogens (tertiary/aromatic N) is 4. The number of methoxy groups -OCH3 is 1. The van der Waals surface area contributed by atoms with Crippen molar-refractivity contribution in [3.8, 4) is 6.01 Å². The highest BCUT2D eigenvalue weighted by Gasteiger charge is 2.47. The largest absolute Gasteiger partial charge is 0.468 e. The maximum Gasteiger partial charge on any atom is 0.300 e. The Hall–Kier alpha value is -3.28. The van der Waals surface area contributed by atoms with Gasteiger partial charge in [-0.05, 0) is 12.1 Å². The first-order chi connectivity index (χ1) is 14.0. The lowest BCUT2D eigenvalue weighted by molar-refractivity contribution is -0.0459. The predicted octanol–water partition coefficient (Wildman–Crippen LogP) is -0.534. The lowest BCUT2D eigenvalue weighted by atomic mass is 10.1. The SMILES string of the molecule is COc1nc2c(N)ncnc2n1[C@@H]1O[C@H](CO)[C@@H](O)[C@H]1NC(=O)c1ccccc1. The molecule has 3 heterocycles. The molecule has 1 aliphatic rings. The van der Waals surface area contributed by atoms with Crippen molar-refractivity contribution in [2.45, 2.75) is 24.5 Å². The molecule has 152 valence electrons. The minimum atomic E-state index is -1.18. The summed E-state index contributed by atoms with van der Waals surface area (Å²) in [7, 11) is 1.41. The molecular formula is C18H20N6O5. The number of aromatic nitrogens is 4. The number of benzene rings is 1. The quantitative estimate of drug-likeness (QED) is 0.442.